The summed E-state index contributed by atoms with van der Waals surface area (Å²) >= 11 is 0. The molecule has 100 valence electrons. The van der Waals surface area contributed by atoms with Crippen LogP contribution in [0.25, 0.3) is 0 Å². The van der Waals surface area contributed by atoms with Gasteiger partial charge in [-0.2, -0.15) is 4.39 Å². The minimum Gasteiger partial charge on any atom is -0.396 e. The maximum Gasteiger partial charge on any atom is 0.305 e. The standard InChI is InChI=1S/C11H14F2N2O3/c1-7(2-3-16)14-6-8-4-11(15(17)18)10(13)5-9(8)12/h4-5,7,14,16H,2-3,6H2,1H3. The fraction of sp³-hybridized carbons (Fsp3) is 0.455. The third-order valence-corrected chi connectivity index (χ3v) is 2.52. The Balaban J connectivity index is 2.82. The van der Waals surface area contributed by atoms with Crippen molar-refractivity contribution in [3.63, 3.8) is 0 Å². The maximum atomic E-state index is 13.4. The molecule has 18 heavy (non-hydrogen) atoms. The van der Waals surface area contributed by atoms with Crippen LogP contribution in [-0.4, -0.2) is 22.7 Å². The number of benzene rings is 1. The molecule has 7 heteroatoms. The topological polar surface area (TPSA) is 75.4 Å². The Morgan fingerprint density at radius 1 is 1.44 bits per heavy atom. The van der Waals surface area contributed by atoms with Gasteiger partial charge in [0.25, 0.3) is 0 Å². The van der Waals surface area contributed by atoms with Crippen LogP contribution in [0.15, 0.2) is 12.1 Å². The molecule has 1 rings (SSSR count). The smallest absolute Gasteiger partial charge is 0.305 e. The van der Waals surface area contributed by atoms with Gasteiger partial charge in [0, 0.05) is 36.9 Å². The van der Waals surface area contributed by atoms with Gasteiger partial charge in [-0.15, -0.1) is 0 Å². The first-order chi connectivity index (χ1) is 8.45. The zero-order valence-corrected chi connectivity index (χ0v) is 9.82. The lowest BCUT2D eigenvalue weighted by molar-refractivity contribution is -0.387. The van der Waals surface area contributed by atoms with Crippen molar-refractivity contribution in [2.75, 3.05) is 6.61 Å². The summed E-state index contributed by atoms with van der Waals surface area (Å²) in [4.78, 5) is 9.62. The number of nitro groups is 1. The van der Waals surface area contributed by atoms with Gasteiger partial charge in [-0.1, -0.05) is 0 Å². The average Bonchev–Trinajstić information content (AvgIpc) is 2.27. The van der Waals surface area contributed by atoms with E-state index in [9.17, 15) is 18.9 Å². The molecule has 0 heterocycles. The van der Waals surface area contributed by atoms with Gasteiger partial charge in [-0.25, -0.2) is 4.39 Å². The van der Waals surface area contributed by atoms with E-state index in [-0.39, 0.29) is 24.8 Å². The van der Waals surface area contributed by atoms with Crippen LogP contribution in [0.5, 0.6) is 0 Å². The molecule has 0 aliphatic heterocycles. The first-order valence-corrected chi connectivity index (χ1v) is 5.42. The molecular formula is C11H14F2N2O3. The summed E-state index contributed by atoms with van der Waals surface area (Å²) in [7, 11) is 0. The largest absolute Gasteiger partial charge is 0.396 e. The Labute approximate surface area is 103 Å². The molecule has 5 nitrogen and oxygen atoms in total. The molecule has 0 spiro atoms. The number of rotatable bonds is 6. The number of nitrogens with zero attached hydrogens (tertiary/aromatic N) is 1. The van der Waals surface area contributed by atoms with Crippen molar-refractivity contribution in [2.24, 2.45) is 0 Å². The second-order valence-corrected chi connectivity index (χ2v) is 3.95. The molecule has 0 saturated carbocycles. The van der Waals surface area contributed by atoms with Gasteiger partial charge in [-0.3, -0.25) is 10.1 Å². The number of hydrogen-bond acceptors (Lipinski definition) is 4. The van der Waals surface area contributed by atoms with E-state index in [1.54, 1.807) is 6.92 Å². The first kappa shape index (κ1) is 14.5. The van der Waals surface area contributed by atoms with Gasteiger partial charge in [0.2, 0.25) is 5.82 Å². The van der Waals surface area contributed by atoms with Gasteiger partial charge in [0.15, 0.2) is 0 Å². The van der Waals surface area contributed by atoms with Crippen LogP contribution < -0.4 is 5.32 Å². The molecule has 0 fully saturated rings. The normalized spacial score (nSPS) is 12.4. The van der Waals surface area contributed by atoms with E-state index in [0.29, 0.717) is 12.5 Å². The quantitative estimate of drug-likeness (QED) is 0.603. The Kier molecular flexibility index (Phi) is 5.11. The fourth-order valence-electron chi connectivity index (χ4n) is 1.44. The molecule has 1 atom stereocenters. The van der Waals surface area contributed by atoms with Crippen LogP contribution in [0, 0.1) is 21.7 Å². The zero-order chi connectivity index (χ0) is 13.7. The summed E-state index contributed by atoms with van der Waals surface area (Å²) in [5.41, 5.74) is -0.726. The monoisotopic (exact) mass is 260 g/mol. The van der Waals surface area contributed by atoms with Crippen molar-refractivity contribution in [3.8, 4) is 0 Å². The molecule has 0 aromatic heterocycles. The fourth-order valence-corrected chi connectivity index (χ4v) is 1.44. The number of aliphatic hydroxyl groups excluding tert-OH is 1. The molecule has 1 aromatic carbocycles. The summed E-state index contributed by atoms with van der Waals surface area (Å²) < 4.78 is 26.4. The van der Waals surface area contributed by atoms with Crippen LogP contribution in [0.1, 0.15) is 18.9 Å². The summed E-state index contributed by atoms with van der Waals surface area (Å²) in [6.45, 7) is 1.81. The van der Waals surface area contributed by atoms with Crippen LogP contribution in [0.2, 0.25) is 0 Å². The number of hydrogen-bond donors (Lipinski definition) is 2. The maximum absolute atomic E-state index is 13.4. The van der Waals surface area contributed by atoms with Crippen LogP contribution >= 0.6 is 0 Å². The highest BCUT2D eigenvalue weighted by atomic mass is 19.1. The highest BCUT2D eigenvalue weighted by Crippen LogP contribution is 2.21. The highest BCUT2D eigenvalue weighted by molar-refractivity contribution is 5.37. The number of nitro benzene ring substituents is 1. The van der Waals surface area contributed by atoms with E-state index < -0.39 is 22.2 Å². The summed E-state index contributed by atoms with van der Waals surface area (Å²) in [6.07, 6.45) is 0.477. The van der Waals surface area contributed by atoms with E-state index >= 15 is 0 Å². The van der Waals surface area contributed by atoms with E-state index in [0.717, 1.165) is 6.07 Å². The van der Waals surface area contributed by atoms with Crippen molar-refractivity contribution < 1.29 is 18.8 Å². The second-order valence-electron chi connectivity index (χ2n) is 3.95. The third-order valence-electron chi connectivity index (χ3n) is 2.52. The average molecular weight is 260 g/mol. The first-order valence-electron chi connectivity index (χ1n) is 5.42. The van der Waals surface area contributed by atoms with Gasteiger partial charge in [-0.05, 0) is 13.3 Å². The van der Waals surface area contributed by atoms with Crippen LogP contribution in [-0.2, 0) is 6.54 Å². The molecule has 0 aliphatic rings. The Morgan fingerprint density at radius 2 is 2.11 bits per heavy atom. The Hall–Kier alpha value is -1.60. The molecule has 2 N–H and O–H groups in total. The van der Waals surface area contributed by atoms with Gasteiger partial charge >= 0.3 is 5.69 Å². The molecule has 1 unspecified atom stereocenters. The van der Waals surface area contributed by atoms with Crippen molar-refractivity contribution >= 4 is 5.69 Å². The SMILES string of the molecule is CC(CCO)NCc1cc([N+](=O)[O-])c(F)cc1F. The number of halogens is 2. The molecule has 0 aliphatic carbocycles. The third kappa shape index (κ3) is 3.71. The van der Waals surface area contributed by atoms with Crippen molar-refractivity contribution in [1.29, 1.82) is 0 Å². The lowest BCUT2D eigenvalue weighted by Gasteiger charge is -2.12. The van der Waals surface area contributed by atoms with E-state index in [4.69, 9.17) is 5.11 Å². The van der Waals surface area contributed by atoms with Crippen LogP contribution in [0.4, 0.5) is 14.5 Å². The van der Waals surface area contributed by atoms with Gasteiger partial charge in [0.1, 0.15) is 5.82 Å². The van der Waals surface area contributed by atoms with Crippen LogP contribution in [0.3, 0.4) is 0 Å². The Bertz CT molecular complexity index is 441. The molecule has 1 aromatic rings. The van der Waals surface area contributed by atoms with E-state index in [1.165, 1.54) is 0 Å². The zero-order valence-electron chi connectivity index (χ0n) is 9.82. The van der Waals surface area contributed by atoms with Crippen molar-refractivity contribution in [2.45, 2.75) is 25.9 Å². The predicted octanol–water partition coefficient (Wildman–Crippen LogP) is 1.73. The predicted molar refractivity (Wildman–Crippen MR) is 61.0 cm³/mol. The summed E-state index contributed by atoms with van der Waals surface area (Å²) in [5, 5.41) is 22.1. The number of aliphatic hydroxyl groups is 1. The van der Waals surface area contributed by atoms with E-state index in [2.05, 4.69) is 5.32 Å². The summed E-state index contributed by atoms with van der Waals surface area (Å²) in [5.74, 6) is -2.02. The molecule has 0 amide bonds. The van der Waals surface area contributed by atoms with Gasteiger partial charge in [0.05, 0.1) is 4.92 Å². The lowest BCUT2D eigenvalue weighted by atomic mass is 10.1. The van der Waals surface area contributed by atoms with Crippen molar-refractivity contribution in [3.05, 3.63) is 39.4 Å². The van der Waals surface area contributed by atoms with Crippen molar-refractivity contribution in [1.82, 2.24) is 5.32 Å². The number of nitrogens with one attached hydrogen (secondary N) is 1. The second kappa shape index (κ2) is 6.36. The van der Waals surface area contributed by atoms with Gasteiger partial charge < -0.3 is 10.4 Å². The van der Waals surface area contributed by atoms with E-state index in [1.807, 2.05) is 0 Å². The molecule has 0 radical (unpaired) electrons. The lowest BCUT2D eigenvalue weighted by Crippen LogP contribution is -2.26. The summed E-state index contributed by atoms with van der Waals surface area (Å²) in [6, 6.07) is 1.31. The molecule has 0 bridgehead atoms. The minimum absolute atomic E-state index is 0.0137. The molecular weight excluding hydrogens is 246 g/mol. The minimum atomic E-state index is -1.19. The molecule has 0 saturated heterocycles. The Morgan fingerprint density at radius 3 is 2.67 bits per heavy atom. The highest BCUT2D eigenvalue weighted by Gasteiger charge is 2.18.